The lowest BCUT2D eigenvalue weighted by atomic mass is 9.55. The maximum absolute atomic E-state index is 9.17. The second-order valence-corrected chi connectivity index (χ2v) is 4.19. The fourth-order valence-electron chi connectivity index (χ4n) is 2.16. The monoisotopic (exact) mass is 184 g/mol. The smallest absolute Gasteiger partial charge is 0.119 e. The summed E-state index contributed by atoms with van der Waals surface area (Å²) in [7, 11) is 1.83. The van der Waals surface area contributed by atoms with E-state index in [1.807, 2.05) is 14.0 Å². The number of methoxy groups -OCH3 is 1. The average molecular weight is 184 g/mol. The Labute approximate surface area is 80.7 Å². The van der Waals surface area contributed by atoms with Crippen LogP contribution in [0.5, 0.6) is 0 Å². The Kier molecular flexibility index (Phi) is 3.91. The SMILES string of the molecule is CCC=O.COC1CC2(CCC2)C1. The lowest BCUT2D eigenvalue weighted by molar-refractivity contribution is -0.107. The van der Waals surface area contributed by atoms with Crippen molar-refractivity contribution in [2.24, 2.45) is 5.41 Å². The second kappa shape index (κ2) is 4.75. The number of rotatable bonds is 2. The molecule has 0 aliphatic heterocycles. The molecule has 0 unspecified atom stereocenters. The summed E-state index contributed by atoms with van der Waals surface area (Å²) in [6, 6.07) is 0. The van der Waals surface area contributed by atoms with Gasteiger partial charge in [-0.2, -0.15) is 0 Å². The van der Waals surface area contributed by atoms with Crippen LogP contribution in [0.25, 0.3) is 0 Å². The van der Waals surface area contributed by atoms with Crippen molar-refractivity contribution in [3.05, 3.63) is 0 Å². The van der Waals surface area contributed by atoms with Crippen molar-refractivity contribution in [2.75, 3.05) is 7.11 Å². The number of hydrogen-bond acceptors (Lipinski definition) is 2. The van der Waals surface area contributed by atoms with Gasteiger partial charge in [0.15, 0.2) is 0 Å². The van der Waals surface area contributed by atoms with Crippen molar-refractivity contribution >= 4 is 6.29 Å². The average Bonchev–Trinajstić information content (AvgIpc) is 2.01. The first-order valence-electron chi connectivity index (χ1n) is 5.23. The van der Waals surface area contributed by atoms with E-state index in [1.165, 1.54) is 32.1 Å². The molecule has 0 aromatic heterocycles. The summed E-state index contributed by atoms with van der Waals surface area (Å²) in [6.07, 6.45) is 9.26. The van der Waals surface area contributed by atoms with Crippen LogP contribution in [-0.2, 0) is 9.53 Å². The molecule has 0 amide bonds. The van der Waals surface area contributed by atoms with Crippen LogP contribution in [0.4, 0.5) is 0 Å². The lowest BCUT2D eigenvalue weighted by Gasteiger charge is -2.53. The largest absolute Gasteiger partial charge is 0.381 e. The van der Waals surface area contributed by atoms with Crippen LogP contribution in [0.1, 0.15) is 45.4 Å². The van der Waals surface area contributed by atoms with Crippen molar-refractivity contribution in [1.82, 2.24) is 0 Å². The highest BCUT2D eigenvalue weighted by atomic mass is 16.5. The van der Waals surface area contributed by atoms with E-state index in [0.29, 0.717) is 12.5 Å². The Morgan fingerprint density at radius 3 is 2.23 bits per heavy atom. The molecule has 0 heterocycles. The minimum Gasteiger partial charge on any atom is -0.381 e. The van der Waals surface area contributed by atoms with Gasteiger partial charge in [0.25, 0.3) is 0 Å². The van der Waals surface area contributed by atoms with Crippen LogP contribution in [0.3, 0.4) is 0 Å². The number of carbonyl (C=O) groups is 1. The van der Waals surface area contributed by atoms with Gasteiger partial charge in [-0.15, -0.1) is 0 Å². The zero-order chi connectivity index (χ0) is 9.73. The first-order valence-corrected chi connectivity index (χ1v) is 5.23. The van der Waals surface area contributed by atoms with E-state index >= 15 is 0 Å². The molecule has 2 fully saturated rings. The van der Waals surface area contributed by atoms with Crippen LogP contribution in [0.15, 0.2) is 0 Å². The number of aldehydes is 1. The first-order chi connectivity index (χ1) is 6.26. The predicted octanol–water partition coefficient (Wildman–Crippen LogP) is 2.56. The third-order valence-corrected chi connectivity index (χ3v) is 3.24. The van der Waals surface area contributed by atoms with E-state index in [9.17, 15) is 4.79 Å². The highest BCUT2D eigenvalue weighted by molar-refractivity contribution is 5.48. The van der Waals surface area contributed by atoms with E-state index in [0.717, 1.165) is 11.7 Å². The maximum atomic E-state index is 9.17. The molecule has 13 heavy (non-hydrogen) atoms. The molecule has 0 aromatic carbocycles. The van der Waals surface area contributed by atoms with Gasteiger partial charge in [0.2, 0.25) is 0 Å². The van der Waals surface area contributed by atoms with E-state index in [4.69, 9.17) is 4.74 Å². The fraction of sp³-hybridized carbons (Fsp3) is 0.909. The van der Waals surface area contributed by atoms with Crippen molar-refractivity contribution in [3.8, 4) is 0 Å². The minimum absolute atomic E-state index is 0.616. The summed E-state index contributed by atoms with van der Waals surface area (Å²) < 4.78 is 5.22. The fourth-order valence-corrected chi connectivity index (χ4v) is 2.16. The van der Waals surface area contributed by atoms with Gasteiger partial charge in [-0.25, -0.2) is 0 Å². The van der Waals surface area contributed by atoms with Gasteiger partial charge in [0, 0.05) is 13.5 Å². The van der Waals surface area contributed by atoms with Crippen LogP contribution >= 0.6 is 0 Å². The third kappa shape index (κ3) is 2.53. The molecule has 2 aliphatic carbocycles. The van der Waals surface area contributed by atoms with E-state index < -0.39 is 0 Å². The van der Waals surface area contributed by atoms with Crippen LogP contribution in [-0.4, -0.2) is 19.5 Å². The molecule has 0 atom stereocenters. The summed E-state index contributed by atoms with van der Waals surface area (Å²) in [5.74, 6) is 0. The summed E-state index contributed by atoms with van der Waals surface area (Å²) in [5, 5.41) is 0. The van der Waals surface area contributed by atoms with Gasteiger partial charge in [-0.05, 0) is 31.1 Å². The first kappa shape index (κ1) is 10.7. The van der Waals surface area contributed by atoms with E-state index in [1.54, 1.807) is 0 Å². The van der Waals surface area contributed by atoms with Gasteiger partial charge in [0.05, 0.1) is 6.10 Å². The van der Waals surface area contributed by atoms with Crippen molar-refractivity contribution in [2.45, 2.75) is 51.6 Å². The molecule has 0 radical (unpaired) electrons. The van der Waals surface area contributed by atoms with Gasteiger partial charge in [-0.1, -0.05) is 13.3 Å². The molecule has 0 aromatic rings. The molecule has 2 heteroatoms. The molecule has 2 saturated carbocycles. The van der Waals surface area contributed by atoms with Gasteiger partial charge in [-0.3, -0.25) is 0 Å². The normalized spacial score (nSPS) is 23.8. The van der Waals surface area contributed by atoms with Gasteiger partial charge >= 0.3 is 0 Å². The van der Waals surface area contributed by atoms with Crippen molar-refractivity contribution in [1.29, 1.82) is 0 Å². The Balaban J connectivity index is 0.000000184. The third-order valence-electron chi connectivity index (χ3n) is 3.24. The Morgan fingerprint density at radius 2 is 2.00 bits per heavy atom. The minimum atomic E-state index is 0.616. The zero-order valence-corrected chi connectivity index (χ0v) is 8.71. The van der Waals surface area contributed by atoms with Crippen molar-refractivity contribution < 1.29 is 9.53 Å². The predicted molar refractivity (Wildman–Crippen MR) is 52.7 cm³/mol. The Morgan fingerprint density at radius 1 is 1.46 bits per heavy atom. The van der Waals surface area contributed by atoms with Crippen molar-refractivity contribution in [3.63, 3.8) is 0 Å². The molecular weight excluding hydrogens is 164 g/mol. The topological polar surface area (TPSA) is 26.3 Å². The highest BCUT2D eigenvalue weighted by Gasteiger charge is 2.48. The molecule has 2 nitrogen and oxygen atoms in total. The standard InChI is InChI=1S/C8H14O.C3H6O/c1-9-7-5-8(6-7)3-2-4-8;1-2-3-4/h7H,2-6H2,1H3;3H,2H2,1H3. The highest BCUT2D eigenvalue weighted by Crippen LogP contribution is 2.56. The summed E-state index contributed by atoms with van der Waals surface area (Å²) >= 11 is 0. The van der Waals surface area contributed by atoms with E-state index in [2.05, 4.69) is 0 Å². The molecule has 2 rings (SSSR count). The maximum Gasteiger partial charge on any atom is 0.119 e. The van der Waals surface area contributed by atoms with E-state index in [-0.39, 0.29) is 0 Å². The zero-order valence-electron chi connectivity index (χ0n) is 8.71. The molecule has 76 valence electrons. The number of hydrogen-bond donors (Lipinski definition) is 0. The molecular formula is C11H20O2. The summed E-state index contributed by atoms with van der Waals surface area (Å²) in [5.41, 5.74) is 0.792. The molecule has 0 saturated heterocycles. The Bertz CT molecular complexity index is 153. The molecule has 0 N–H and O–H groups in total. The summed E-state index contributed by atoms with van der Waals surface area (Å²) in [6.45, 7) is 1.81. The van der Waals surface area contributed by atoms with Gasteiger partial charge in [0.1, 0.15) is 6.29 Å². The summed E-state index contributed by atoms with van der Waals surface area (Å²) in [4.78, 5) is 9.17. The van der Waals surface area contributed by atoms with Crippen LogP contribution < -0.4 is 0 Å². The molecule has 2 aliphatic rings. The Hall–Kier alpha value is -0.370. The lowest BCUT2D eigenvalue weighted by Crippen LogP contribution is -2.46. The number of carbonyl (C=O) groups excluding carboxylic acids is 1. The second-order valence-electron chi connectivity index (χ2n) is 4.19. The molecule has 1 spiro atoms. The van der Waals surface area contributed by atoms with Crippen LogP contribution in [0.2, 0.25) is 0 Å². The quantitative estimate of drug-likeness (QED) is 0.616. The van der Waals surface area contributed by atoms with Crippen LogP contribution in [0, 0.1) is 5.41 Å². The van der Waals surface area contributed by atoms with Gasteiger partial charge < -0.3 is 9.53 Å². The molecule has 0 bridgehead atoms. The number of ether oxygens (including phenoxy) is 1.